The highest BCUT2D eigenvalue weighted by molar-refractivity contribution is 7.98. The van der Waals surface area contributed by atoms with Crippen molar-refractivity contribution < 1.29 is 9.90 Å². The highest BCUT2D eigenvalue weighted by Crippen LogP contribution is 2.35. The average Bonchev–Trinajstić information content (AvgIpc) is 3.27. The minimum atomic E-state index is -0.144. The predicted octanol–water partition coefficient (Wildman–Crippen LogP) is 2.88. The van der Waals surface area contributed by atoms with Crippen molar-refractivity contribution in [2.45, 2.75) is 36.6 Å². The first-order chi connectivity index (χ1) is 13.7. The van der Waals surface area contributed by atoms with Crippen LogP contribution in [0.3, 0.4) is 0 Å². The molecule has 146 valence electrons. The molecule has 1 amide bonds. The Hall–Kier alpha value is -2.16. The van der Waals surface area contributed by atoms with Gasteiger partial charge in [0.1, 0.15) is 4.83 Å². The lowest BCUT2D eigenvalue weighted by molar-refractivity contribution is 0.0951. The van der Waals surface area contributed by atoms with Crippen LogP contribution in [0.15, 0.2) is 34.2 Å². The third-order valence-corrected chi connectivity index (χ3v) is 6.90. The molecule has 1 aliphatic rings. The van der Waals surface area contributed by atoms with Crippen LogP contribution in [-0.2, 0) is 18.6 Å². The maximum absolute atomic E-state index is 12.5. The Balaban J connectivity index is 1.42. The Morgan fingerprint density at radius 2 is 2.11 bits per heavy atom. The predicted molar refractivity (Wildman–Crippen MR) is 112 cm³/mol. The molecule has 6 nitrogen and oxygen atoms in total. The zero-order valence-electron chi connectivity index (χ0n) is 15.3. The van der Waals surface area contributed by atoms with Crippen LogP contribution in [-0.4, -0.2) is 34.1 Å². The van der Waals surface area contributed by atoms with Gasteiger partial charge in [-0.05, 0) is 48.9 Å². The number of nitrogens with one attached hydrogen (secondary N) is 2. The molecule has 0 spiro atoms. The zero-order valence-corrected chi connectivity index (χ0v) is 16.9. The first kappa shape index (κ1) is 19.2. The van der Waals surface area contributed by atoms with E-state index in [1.54, 1.807) is 23.5 Å². The number of hydrogen-bond acceptors (Lipinski definition) is 6. The van der Waals surface area contributed by atoms with Crippen LogP contribution in [0.5, 0.6) is 0 Å². The van der Waals surface area contributed by atoms with E-state index in [1.807, 2.05) is 12.1 Å². The summed E-state index contributed by atoms with van der Waals surface area (Å²) in [6.07, 6.45) is 3.70. The fraction of sp³-hybridized carbons (Fsp3) is 0.350. The van der Waals surface area contributed by atoms with Crippen LogP contribution in [0.4, 0.5) is 0 Å². The molecule has 0 radical (unpaired) electrons. The van der Waals surface area contributed by atoms with Crippen LogP contribution in [0.25, 0.3) is 10.2 Å². The number of aryl methyl sites for hydroxylation is 2. The van der Waals surface area contributed by atoms with Crippen molar-refractivity contribution in [1.29, 1.82) is 0 Å². The van der Waals surface area contributed by atoms with Gasteiger partial charge in [-0.15, -0.1) is 11.3 Å². The third kappa shape index (κ3) is 3.99. The van der Waals surface area contributed by atoms with Crippen molar-refractivity contribution >= 4 is 39.2 Å². The van der Waals surface area contributed by atoms with E-state index in [9.17, 15) is 9.59 Å². The summed E-state index contributed by atoms with van der Waals surface area (Å²) >= 11 is 3.13. The second-order valence-corrected chi connectivity index (χ2v) is 8.77. The highest BCUT2D eigenvalue weighted by Gasteiger charge is 2.21. The Kier molecular flexibility index (Phi) is 5.79. The second kappa shape index (κ2) is 8.46. The minimum Gasteiger partial charge on any atom is -0.396 e. The third-order valence-electron chi connectivity index (χ3n) is 4.77. The molecule has 28 heavy (non-hydrogen) atoms. The van der Waals surface area contributed by atoms with Gasteiger partial charge in [0.15, 0.2) is 5.16 Å². The summed E-state index contributed by atoms with van der Waals surface area (Å²) in [4.78, 5) is 34.2. The number of thioether (sulfide) groups is 1. The van der Waals surface area contributed by atoms with Crippen LogP contribution >= 0.6 is 23.1 Å². The number of aliphatic hydroxyl groups excluding tert-OH is 1. The van der Waals surface area contributed by atoms with E-state index in [0.717, 1.165) is 35.0 Å². The van der Waals surface area contributed by atoms with E-state index in [4.69, 9.17) is 5.11 Å². The normalized spacial score (nSPS) is 13.0. The summed E-state index contributed by atoms with van der Waals surface area (Å²) in [6, 6.07) is 7.38. The van der Waals surface area contributed by atoms with Crippen LogP contribution < -0.4 is 10.9 Å². The lowest BCUT2D eigenvalue weighted by Crippen LogP contribution is -2.24. The van der Waals surface area contributed by atoms with Gasteiger partial charge in [-0.25, -0.2) is 4.98 Å². The number of carbonyl (C=O) groups is 1. The van der Waals surface area contributed by atoms with E-state index in [-0.39, 0.29) is 18.1 Å². The molecule has 0 saturated carbocycles. The fourth-order valence-corrected chi connectivity index (χ4v) is 5.47. The molecular weight excluding hydrogens is 394 g/mol. The molecule has 1 aliphatic carbocycles. The second-order valence-electron chi connectivity index (χ2n) is 6.73. The number of thiophene rings is 1. The summed E-state index contributed by atoms with van der Waals surface area (Å²) in [7, 11) is 0. The largest absolute Gasteiger partial charge is 0.396 e. The van der Waals surface area contributed by atoms with Crippen molar-refractivity contribution in [2.24, 2.45) is 0 Å². The smallest absolute Gasteiger partial charge is 0.260 e. The SMILES string of the molecule is O=C(NCCCO)c1ccc(CSc2nc3sc4c(c3c(=O)[nH]2)CCC4)cc1. The number of benzene rings is 1. The molecule has 8 heteroatoms. The molecule has 0 aliphatic heterocycles. The van der Waals surface area contributed by atoms with E-state index < -0.39 is 0 Å². The lowest BCUT2D eigenvalue weighted by atomic mass is 10.1. The van der Waals surface area contributed by atoms with Gasteiger partial charge in [0.05, 0.1) is 5.39 Å². The summed E-state index contributed by atoms with van der Waals surface area (Å²) in [5.74, 6) is 0.515. The van der Waals surface area contributed by atoms with Gasteiger partial charge in [-0.2, -0.15) is 0 Å². The van der Waals surface area contributed by atoms with Gasteiger partial charge in [-0.3, -0.25) is 9.59 Å². The van der Waals surface area contributed by atoms with Crippen molar-refractivity contribution in [2.75, 3.05) is 13.2 Å². The van der Waals surface area contributed by atoms with Gasteiger partial charge in [-0.1, -0.05) is 23.9 Å². The number of aromatic amines is 1. The summed E-state index contributed by atoms with van der Waals surface area (Å²) < 4.78 is 0. The highest BCUT2D eigenvalue weighted by atomic mass is 32.2. The standard InChI is InChI=1S/C20H21N3O3S2/c24-10-2-9-21-17(25)13-7-5-12(6-8-13)11-27-20-22-18(26)16-14-3-1-4-15(14)28-19(16)23-20/h5-8,24H,1-4,9-11H2,(H,21,25)(H,22,23,26). The number of carbonyl (C=O) groups excluding carboxylic acids is 1. The van der Waals surface area contributed by atoms with E-state index in [2.05, 4.69) is 15.3 Å². The van der Waals surface area contributed by atoms with E-state index in [0.29, 0.717) is 29.4 Å². The Bertz CT molecular complexity index is 1060. The molecule has 2 aromatic heterocycles. The molecule has 4 rings (SSSR count). The average molecular weight is 416 g/mol. The number of aromatic nitrogens is 2. The zero-order chi connectivity index (χ0) is 19.5. The van der Waals surface area contributed by atoms with E-state index >= 15 is 0 Å². The monoisotopic (exact) mass is 415 g/mol. The number of fused-ring (bicyclic) bond motifs is 3. The Labute approximate surface area is 170 Å². The quantitative estimate of drug-likeness (QED) is 0.313. The van der Waals surface area contributed by atoms with Gasteiger partial charge in [0, 0.05) is 29.3 Å². The van der Waals surface area contributed by atoms with Crippen molar-refractivity contribution in [3.63, 3.8) is 0 Å². The topological polar surface area (TPSA) is 95.1 Å². The van der Waals surface area contributed by atoms with Crippen molar-refractivity contribution in [3.05, 3.63) is 56.2 Å². The molecule has 0 bridgehead atoms. The number of amides is 1. The Morgan fingerprint density at radius 1 is 1.29 bits per heavy atom. The van der Waals surface area contributed by atoms with Gasteiger partial charge in [0.25, 0.3) is 11.5 Å². The van der Waals surface area contributed by atoms with Crippen LogP contribution in [0.2, 0.25) is 0 Å². The van der Waals surface area contributed by atoms with Gasteiger partial charge >= 0.3 is 0 Å². The number of rotatable bonds is 7. The van der Waals surface area contributed by atoms with Gasteiger partial charge in [0.2, 0.25) is 0 Å². The van der Waals surface area contributed by atoms with E-state index in [1.165, 1.54) is 22.2 Å². The molecule has 0 saturated heterocycles. The summed E-state index contributed by atoms with van der Waals surface area (Å²) in [6.45, 7) is 0.521. The van der Waals surface area contributed by atoms with Crippen LogP contribution in [0.1, 0.15) is 39.2 Å². The van der Waals surface area contributed by atoms with Crippen molar-refractivity contribution in [1.82, 2.24) is 15.3 Å². The molecule has 3 N–H and O–H groups in total. The number of hydrogen-bond donors (Lipinski definition) is 3. The van der Waals surface area contributed by atoms with Crippen molar-refractivity contribution in [3.8, 4) is 0 Å². The molecule has 2 heterocycles. The lowest BCUT2D eigenvalue weighted by Gasteiger charge is -2.06. The summed E-state index contributed by atoms with van der Waals surface area (Å²) in [5, 5.41) is 12.9. The fourth-order valence-electron chi connectivity index (χ4n) is 3.34. The maximum atomic E-state index is 12.5. The number of H-pyrrole nitrogens is 1. The molecule has 1 aromatic carbocycles. The maximum Gasteiger partial charge on any atom is 0.260 e. The minimum absolute atomic E-state index is 0.0400. The number of aliphatic hydroxyl groups is 1. The first-order valence-corrected chi connectivity index (χ1v) is 11.1. The van der Waals surface area contributed by atoms with Gasteiger partial charge < -0.3 is 15.4 Å². The summed E-state index contributed by atoms with van der Waals surface area (Å²) in [5.41, 5.74) is 2.79. The molecule has 0 unspecified atom stereocenters. The molecule has 3 aromatic rings. The molecule has 0 fully saturated rings. The molecular formula is C20H21N3O3S2. The van der Waals surface area contributed by atoms with Crippen LogP contribution in [0, 0.1) is 0 Å². The molecule has 0 atom stereocenters. The first-order valence-electron chi connectivity index (χ1n) is 9.31. The Morgan fingerprint density at radius 3 is 2.89 bits per heavy atom. The number of nitrogens with zero attached hydrogens (tertiary/aromatic N) is 1.